The van der Waals surface area contributed by atoms with Crippen molar-refractivity contribution in [1.29, 1.82) is 0 Å². The van der Waals surface area contributed by atoms with Crippen molar-refractivity contribution < 1.29 is 14.7 Å². The Kier molecular flexibility index (Phi) is 22.1. The zero-order chi connectivity index (χ0) is 22.3. The molecule has 2 N–H and O–H groups in total. The van der Waals surface area contributed by atoms with Gasteiger partial charge in [0, 0.05) is 6.42 Å². The minimum Gasteiger partial charge on any atom is -0.480 e. The van der Waals surface area contributed by atoms with E-state index in [9.17, 15) is 9.59 Å². The second-order valence-corrected chi connectivity index (χ2v) is 9.09. The van der Waals surface area contributed by atoms with E-state index in [4.69, 9.17) is 5.11 Å². The number of aliphatic carboxylic acids is 1. The molecule has 0 rings (SSSR count). The summed E-state index contributed by atoms with van der Waals surface area (Å²) in [7, 11) is 0. The Morgan fingerprint density at radius 1 is 0.633 bits per heavy atom. The van der Waals surface area contributed by atoms with Gasteiger partial charge in [0.05, 0.1) is 6.54 Å². The molecule has 0 saturated carbocycles. The van der Waals surface area contributed by atoms with Crippen molar-refractivity contribution in [1.82, 2.24) is 5.32 Å². The van der Waals surface area contributed by atoms with Gasteiger partial charge in [0.15, 0.2) is 0 Å². The Morgan fingerprint density at radius 3 is 1.30 bits per heavy atom. The molecule has 0 aromatic rings. The third kappa shape index (κ3) is 21.8. The highest BCUT2D eigenvalue weighted by Crippen LogP contribution is 2.14. The highest BCUT2D eigenvalue weighted by atomic mass is 16.4. The molecular weight excluding hydrogens is 374 g/mol. The van der Waals surface area contributed by atoms with Crippen LogP contribution in [0.5, 0.6) is 0 Å². The number of carboxylic acid groups (broad SMARTS) is 1. The lowest BCUT2D eigenvalue weighted by atomic mass is 10.0. The topological polar surface area (TPSA) is 66.4 Å². The van der Waals surface area contributed by atoms with Gasteiger partial charge in [-0.25, -0.2) is 0 Å². The number of carbonyl (C=O) groups is 2. The number of hydrogen-bond acceptors (Lipinski definition) is 3. The third-order valence-electron chi connectivity index (χ3n) is 6.04. The molecule has 1 atom stereocenters. The fourth-order valence-electron chi connectivity index (χ4n) is 3.84. The zero-order valence-electron chi connectivity index (χ0n) is 20.2. The van der Waals surface area contributed by atoms with Crippen LogP contribution in [0.3, 0.4) is 0 Å². The van der Waals surface area contributed by atoms with Crippen LogP contribution in [0.4, 0.5) is 0 Å². The highest BCUT2D eigenvalue weighted by molar-refractivity contribution is 5.81. The Bertz CT molecular complexity index is 398. The van der Waals surface area contributed by atoms with Crippen LogP contribution >= 0.6 is 0 Å². The number of nitrogens with one attached hydrogen (secondary N) is 1. The molecule has 0 radical (unpaired) electrons. The van der Waals surface area contributed by atoms with E-state index < -0.39 is 12.0 Å². The fourth-order valence-corrected chi connectivity index (χ4v) is 3.84. The van der Waals surface area contributed by atoms with Crippen molar-refractivity contribution in [3.8, 4) is 0 Å². The van der Waals surface area contributed by atoms with Crippen molar-refractivity contribution in [3.63, 3.8) is 0 Å². The van der Waals surface area contributed by atoms with Gasteiger partial charge in [-0.1, -0.05) is 122 Å². The molecule has 30 heavy (non-hydrogen) atoms. The number of hydrogen-bond donors (Lipinski definition) is 2. The average molecular weight is 426 g/mol. The average Bonchev–Trinajstić information content (AvgIpc) is 2.73. The minimum absolute atomic E-state index is 0.120. The van der Waals surface area contributed by atoms with Crippen LogP contribution in [0.2, 0.25) is 0 Å². The molecule has 0 aliphatic heterocycles. The molecule has 0 amide bonds. The molecule has 4 heteroatoms. The van der Waals surface area contributed by atoms with Crippen molar-refractivity contribution in [3.05, 3.63) is 0 Å². The summed E-state index contributed by atoms with van der Waals surface area (Å²) in [5, 5.41) is 11.5. The Morgan fingerprint density at radius 2 is 0.967 bits per heavy atom. The van der Waals surface area contributed by atoms with Gasteiger partial charge in [-0.2, -0.15) is 0 Å². The molecule has 4 nitrogen and oxygen atoms in total. The van der Waals surface area contributed by atoms with Crippen LogP contribution in [-0.4, -0.2) is 29.4 Å². The highest BCUT2D eigenvalue weighted by Gasteiger charge is 2.11. The van der Waals surface area contributed by atoms with Crippen molar-refractivity contribution >= 4 is 11.8 Å². The smallest absolute Gasteiger partial charge is 0.320 e. The first-order chi connectivity index (χ1) is 14.6. The summed E-state index contributed by atoms with van der Waals surface area (Å²) >= 11 is 0. The fraction of sp³-hybridized carbons (Fsp3) is 0.923. The van der Waals surface area contributed by atoms with E-state index in [0.717, 1.165) is 12.8 Å². The van der Waals surface area contributed by atoms with Crippen LogP contribution in [0.15, 0.2) is 0 Å². The lowest BCUT2D eigenvalue weighted by Crippen LogP contribution is -2.37. The van der Waals surface area contributed by atoms with Crippen LogP contribution < -0.4 is 5.32 Å². The Balaban J connectivity index is 3.16. The van der Waals surface area contributed by atoms with E-state index in [-0.39, 0.29) is 12.3 Å². The van der Waals surface area contributed by atoms with E-state index >= 15 is 0 Å². The van der Waals surface area contributed by atoms with Crippen LogP contribution in [0.25, 0.3) is 0 Å². The number of ketones is 1. The first-order valence-corrected chi connectivity index (χ1v) is 13.1. The SMILES string of the molecule is CCCCCCCCCCCCCCCCCCCCCC(=O)CN[C@@H](C)C(=O)O. The maximum atomic E-state index is 11.7. The number of carboxylic acids is 1. The first kappa shape index (κ1) is 29.1. The summed E-state index contributed by atoms with van der Waals surface area (Å²) in [6, 6.07) is -0.654. The molecule has 178 valence electrons. The maximum absolute atomic E-state index is 11.7. The van der Waals surface area contributed by atoms with Gasteiger partial charge in [-0.15, -0.1) is 0 Å². The first-order valence-electron chi connectivity index (χ1n) is 13.1. The van der Waals surface area contributed by atoms with E-state index in [1.807, 2.05) is 0 Å². The third-order valence-corrected chi connectivity index (χ3v) is 6.04. The van der Waals surface area contributed by atoms with Gasteiger partial charge in [0.2, 0.25) is 0 Å². The van der Waals surface area contributed by atoms with E-state index in [0.29, 0.717) is 6.42 Å². The summed E-state index contributed by atoms with van der Waals surface area (Å²) in [5.74, 6) is -0.790. The summed E-state index contributed by atoms with van der Waals surface area (Å²) < 4.78 is 0. The minimum atomic E-state index is -0.911. The molecule has 0 unspecified atom stereocenters. The van der Waals surface area contributed by atoms with Gasteiger partial charge >= 0.3 is 5.97 Å². The van der Waals surface area contributed by atoms with Crippen LogP contribution in [-0.2, 0) is 9.59 Å². The summed E-state index contributed by atoms with van der Waals surface area (Å²) in [4.78, 5) is 22.4. The molecule has 0 aromatic heterocycles. The number of carbonyl (C=O) groups excluding carboxylic acids is 1. The molecule has 0 saturated heterocycles. The summed E-state index contributed by atoms with van der Waals surface area (Å²) in [5.41, 5.74) is 0. The largest absolute Gasteiger partial charge is 0.480 e. The van der Waals surface area contributed by atoms with Crippen molar-refractivity contribution in [2.45, 2.75) is 148 Å². The lowest BCUT2D eigenvalue weighted by molar-refractivity contribution is -0.139. The van der Waals surface area contributed by atoms with Crippen molar-refractivity contribution in [2.75, 3.05) is 6.54 Å². The predicted molar refractivity (Wildman–Crippen MR) is 128 cm³/mol. The summed E-state index contributed by atoms with van der Waals surface area (Å²) in [6.07, 6.45) is 26.2. The second kappa shape index (κ2) is 22.8. The molecule has 0 aromatic carbocycles. The van der Waals surface area contributed by atoms with Gasteiger partial charge in [-0.3, -0.25) is 14.9 Å². The van der Waals surface area contributed by atoms with E-state index in [2.05, 4.69) is 12.2 Å². The molecule has 0 bridgehead atoms. The predicted octanol–water partition coefficient (Wildman–Crippen LogP) is 7.44. The number of Topliss-reactive ketones (excluding diaryl/α,β-unsaturated/α-hetero) is 1. The zero-order valence-corrected chi connectivity index (χ0v) is 20.2. The molecule has 0 aliphatic carbocycles. The molecular formula is C26H51NO3. The normalized spacial score (nSPS) is 12.2. The molecule has 0 aliphatic rings. The van der Waals surface area contributed by atoms with Gasteiger partial charge < -0.3 is 5.11 Å². The number of rotatable bonds is 24. The van der Waals surface area contributed by atoms with E-state index in [1.54, 1.807) is 6.92 Å². The molecule has 0 heterocycles. The maximum Gasteiger partial charge on any atom is 0.320 e. The quantitative estimate of drug-likeness (QED) is 0.158. The standard InChI is InChI=1S/C26H51NO3/c1-3-4-5-6-7-8-9-10-11-12-13-14-15-16-17-18-19-20-21-22-25(28)23-27-24(2)26(29)30/h24,27H,3-23H2,1-2H3,(H,29,30)/t24-/m0/s1. The van der Waals surface area contributed by atoms with Crippen LogP contribution in [0.1, 0.15) is 142 Å². The lowest BCUT2D eigenvalue weighted by Gasteiger charge is -2.08. The Labute approximate surface area is 187 Å². The van der Waals surface area contributed by atoms with Gasteiger partial charge in [-0.05, 0) is 13.3 Å². The molecule has 0 spiro atoms. The van der Waals surface area contributed by atoms with Crippen LogP contribution in [0, 0.1) is 0 Å². The van der Waals surface area contributed by atoms with Gasteiger partial charge in [0.25, 0.3) is 0 Å². The number of unbranched alkanes of at least 4 members (excludes halogenated alkanes) is 18. The Hall–Kier alpha value is -0.900. The monoisotopic (exact) mass is 425 g/mol. The van der Waals surface area contributed by atoms with Gasteiger partial charge in [0.1, 0.15) is 11.8 Å². The second-order valence-electron chi connectivity index (χ2n) is 9.09. The van der Waals surface area contributed by atoms with Crippen molar-refractivity contribution in [2.24, 2.45) is 0 Å². The molecule has 0 fully saturated rings. The van der Waals surface area contributed by atoms with E-state index in [1.165, 1.54) is 109 Å². The summed E-state index contributed by atoms with van der Waals surface area (Å²) in [6.45, 7) is 4.02.